The van der Waals surface area contributed by atoms with E-state index < -0.39 is 0 Å². The Morgan fingerprint density at radius 3 is 2.61 bits per heavy atom. The SMILES string of the molecule is CC1CC(C)CN(CCC(O)c2ccc(Cl)s2)C1. The smallest absolute Gasteiger partial charge is 0.0932 e. The molecule has 0 amide bonds. The Hall–Kier alpha value is -0.0900. The molecule has 2 rings (SSSR count). The van der Waals surface area contributed by atoms with Crippen LogP contribution in [0.25, 0.3) is 0 Å². The quantitative estimate of drug-likeness (QED) is 0.910. The van der Waals surface area contributed by atoms with Crippen molar-refractivity contribution in [1.29, 1.82) is 0 Å². The van der Waals surface area contributed by atoms with Crippen molar-refractivity contribution in [1.82, 2.24) is 4.90 Å². The Morgan fingerprint density at radius 2 is 2.06 bits per heavy atom. The van der Waals surface area contributed by atoms with Gasteiger partial charge in [0.05, 0.1) is 10.4 Å². The van der Waals surface area contributed by atoms with Gasteiger partial charge in [0.2, 0.25) is 0 Å². The van der Waals surface area contributed by atoms with Crippen molar-refractivity contribution in [2.24, 2.45) is 11.8 Å². The minimum Gasteiger partial charge on any atom is -0.388 e. The lowest BCUT2D eigenvalue weighted by Crippen LogP contribution is -2.39. The lowest BCUT2D eigenvalue weighted by atomic mass is 9.92. The number of rotatable bonds is 4. The summed E-state index contributed by atoms with van der Waals surface area (Å²) in [6.45, 7) is 7.95. The number of hydrogen-bond acceptors (Lipinski definition) is 3. The van der Waals surface area contributed by atoms with E-state index in [1.54, 1.807) is 0 Å². The molecule has 1 saturated heterocycles. The maximum Gasteiger partial charge on any atom is 0.0932 e. The fourth-order valence-corrected chi connectivity index (χ4v) is 4.01. The van der Waals surface area contributed by atoms with Gasteiger partial charge >= 0.3 is 0 Å². The summed E-state index contributed by atoms with van der Waals surface area (Å²) in [6, 6.07) is 3.79. The first-order valence-corrected chi connectivity index (χ1v) is 7.89. The van der Waals surface area contributed by atoms with Crippen LogP contribution in [0.4, 0.5) is 0 Å². The summed E-state index contributed by atoms with van der Waals surface area (Å²) in [7, 11) is 0. The summed E-state index contributed by atoms with van der Waals surface area (Å²) in [5.41, 5.74) is 0. The summed E-state index contributed by atoms with van der Waals surface area (Å²) in [5.74, 6) is 1.56. The molecular weight excluding hydrogens is 266 g/mol. The fraction of sp³-hybridized carbons (Fsp3) is 0.714. The van der Waals surface area contributed by atoms with E-state index in [2.05, 4.69) is 18.7 Å². The van der Waals surface area contributed by atoms with Gasteiger partial charge in [-0.05, 0) is 36.8 Å². The average molecular weight is 288 g/mol. The zero-order chi connectivity index (χ0) is 13.1. The molecule has 1 aliphatic heterocycles. The average Bonchev–Trinajstić information content (AvgIpc) is 2.71. The molecule has 0 aliphatic carbocycles. The molecule has 18 heavy (non-hydrogen) atoms. The first kappa shape index (κ1) is 14.3. The van der Waals surface area contributed by atoms with Crippen LogP contribution >= 0.6 is 22.9 Å². The van der Waals surface area contributed by atoms with E-state index in [4.69, 9.17) is 11.6 Å². The number of likely N-dealkylation sites (tertiary alicyclic amines) is 1. The number of thiophene rings is 1. The van der Waals surface area contributed by atoms with Gasteiger partial charge in [0.25, 0.3) is 0 Å². The van der Waals surface area contributed by atoms with Gasteiger partial charge in [-0.15, -0.1) is 11.3 Å². The maximum absolute atomic E-state index is 10.1. The van der Waals surface area contributed by atoms with E-state index in [0.29, 0.717) is 0 Å². The second-order valence-electron chi connectivity index (χ2n) is 5.65. The van der Waals surface area contributed by atoms with Crippen molar-refractivity contribution in [2.45, 2.75) is 32.8 Å². The van der Waals surface area contributed by atoms with Gasteiger partial charge in [-0.3, -0.25) is 0 Å². The highest BCUT2D eigenvalue weighted by molar-refractivity contribution is 7.16. The summed E-state index contributed by atoms with van der Waals surface area (Å²) < 4.78 is 0.754. The maximum atomic E-state index is 10.1. The zero-order valence-corrected chi connectivity index (χ0v) is 12.7. The lowest BCUT2D eigenvalue weighted by Gasteiger charge is -2.35. The molecule has 102 valence electrons. The minimum absolute atomic E-state index is 0.366. The Morgan fingerprint density at radius 1 is 1.39 bits per heavy atom. The standard InChI is InChI=1S/C14H22ClNOS/c1-10-7-11(2)9-16(8-10)6-5-12(17)13-3-4-14(15)18-13/h3-4,10-12,17H,5-9H2,1-2H3. The predicted octanol–water partition coefficient (Wildman–Crippen LogP) is 3.80. The molecule has 3 atom stereocenters. The summed E-state index contributed by atoms with van der Waals surface area (Å²) in [4.78, 5) is 3.47. The van der Waals surface area contributed by atoms with E-state index in [1.165, 1.54) is 30.8 Å². The molecular formula is C14H22ClNOS. The molecule has 4 heteroatoms. The van der Waals surface area contributed by atoms with Gasteiger partial charge in [-0.2, -0.15) is 0 Å². The van der Waals surface area contributed by atoms with E-state index in [9.17, 15) is 5.11 Å². The van der Waals surface area contributed by atoms with Crippen molar-refractivity contribution in [2.75, 3.05) is 19.6 Å². The van der Waals surface area contributed by atoms with Gasteiger partial charge < -0.3 is 10.0 Å². The van der Waals surface area contributed by atoms with Crippen molar-refractivity contribution in [3.8, 4) is 0 Å². The minimum atomic E-state index is -0.366. The Bertz CT molecular complexity index is 372. The Labute approximate surface area is 119 Å². The van der Waals surface area contributed by atoms with Gasteiger partial charge in [0, 0.05) is 24.5 Å². The van der Waals surface area contributed by atoms with Crippen LogP contribution in [0, 0.1) is 11.8 Å². The number of piperidine rings is 1. The molecule has 0 bridgehead atoms. The van der Waals surface area contributed by atoms with E-state index in [-0.39, 0.29) is 6.10 Å². The van der Waals surface area contributed by atoms with E-state index in [1.807, 2.05) is 12.1 Å². The van der Waals surface area contributed by atoms with Crippen LogP contribution in [-0.4, -0.2) is 29.6 Å². The number of halogens is 1. The number of hydrogen-bond donors (Lipinski definition) is 1. The summed E-state index contributed by atoms with van der Waals surface area (Å²) >= 11 is 7.37. The number of aliphatic hydroxyl groups is 1. The third-order valence-electron chi connectivity index (χ3n) is 3.59. The molecule has 3 unspecified atom stereocenters. The highest BCUT2D eigenvalue weighted by atomic mass is 35.5. The molecule has 2 nitrogen and oxygen atoms in total. The second kappa shape index (κ2) is 6.38. The molecule has 2 heterocycles. The van der Waals surface area contributed by atoms with Gasteiger partial charge in [-0.1, -0.05) is 25.4 Å². The lowest BCUT2D eigenvalue weighted by molar-refractivity contribution is 0.104. The third kappa shape index (κ3) is 3.95. The van der Waals surface area contributed by atoms with Crippen LogP contribution in [0.2, 0.25) is 4.34 Å². The van der Waals surface area contributed by atoms with Crippen LogP contribution in [0.15, 0.2) is 12.1 Å². The third-order valence-corrected chi connectivity index (χ3v) is 4.92. The van der Waals surface area contributed by atoms with E-state index in [0.717, 1.165) is 34.0 Å². The van der Waals surface area contributed by atoms with Crippen molar-refractivity contribution >= 4 is 22.9 Å². The molecule has 1 fully saturated rings. The van der Waals surface area contributed by atoms with Crippen LogP contribution in [-0.2, 0) is 0 Å². The van der Waals surface area contributed by atoms with Gasteiger partial charge in [-0.25, -0.2) is 0 Å². The molecule has 1 aromatic heterocycles. The molecule has 0 radical (unpaired) electrons. The fourth-order valence-electron chi connectivity index (χ4n) is 2.93. The first-order chi connectivity index (χ1) is 8.54. The molecule has 1 N–H and O–H groups in total. The Kier molecular flexibility index (Phi) is 5.07. The predicted molar refractivity (Wildman–Crippen MR) is 78.3 cm³/mol. The van der Waals surface area contributed by atoms with E-state index >= 15 is 0 Å². The highest BCUT2D eigenvalue weighted by Gasteiger charge is 2.22. The molecule has 0 spiro atoms. The van der Waals surface area contributed by atoms with Crippen molar-refractivity contribution < 1.29 is 5.11 Å². The number of aliphatic hydroxyl groups excluding tert-OH is 1. The largest absolute Gasteiger partial charge is 0.388 e. The first-order valence-electron chi connectivity index (χ1n) is 6.70. The molecule has 0 aromatic carbocycles. The van der Waals surface area contributed by atoms with Gasteiger partial charge in [0.1, 0.15) is 0 Å². The van der Waals surface area contributed by atoms with Crippen LogP contribution < -0.4 is 0 Å². The molecule has 1 aliphatic rings. The highest BCUT2D eigenvalue weighted by Crippen LogP contribution is 2.29. The zero-order valence-electron chi connectivity index (χ0n) is 11.1. The van der Waals surface area contributed by atoms with Crippen LogP contribution in [0.1, 0.15) is 37.7 Å². The van der Waals surface area contributed by atoms with Crippen LogP contribution in [0.5, 0.6) is 0 Å². The Balaban J connectivity index is 1.80. The van der Waals surface area contributed by atoms with Crippen molar-refractivity contribution in [3.05, 3.63) is 21.3 Å². The monoisotopic (exact) mass is 287 g/mol. The normalized spacial score (nSPS) is 27.3. The summed E-state index contributed by atoms with van der Waals surface area (Å²) in [6.07, 6.45) is 1.77. The topological polar surface area (TPSA) is 23.5 Å². The van der Waals surface area contributed by atoms with Crippen molar-refractivity contribution in [3.63, 3.8) is 0 Å². The van der Waals surface area contributed by atoms with Gasteiger partial charge in [0.15, 0.2) is 0 Å². The number of nitrogens with zero attached hydrogens (tertiary/aromatic N) is 1. The molecule has 0 saturated carbocycles. The van der Waals surface area contributed by atoms with Crippen LogP contribution in [0.3, 0.4) is 0 Å². The second-order valence-corrected chi connectivity index (χ2v) is 7.40. The molecule has 1 aromatic rings. The summed E-state index contributed by atoms with van der Waals surface area (Å²) in [5, 5.41) is 10.1.